The molecule has 0 aliphatic rings. The van der Waals surface area contributed by atoms with Crippen molar-refractivity contribution in [1.29, 1.82) is 0 Å². The first-order valence-corrected chi connectivity index (χ1v) is 5.19. The van der Waals surface area contributed by atoms with Crippen LogP contribution in [0.2, 0.25) is 0 Å². The predicted octanol–water partition coefficient (Wildman–Crippen LogP) is 3.28. The van der Waals surface area contributed by atoms with Crippen LogP contribution in [0.4, 0.5) is 22.0 Å². The van der Waals surface area contributed by atoms with Crippen LogP contribution in [-0.2, 0) is 4.79 Å². The Hall–Kier alpha value is -0.330. The largest absolute Gasteiger partial charge is 0.288 e. The molecule has 0 fully saturated rings. The highest BCUT2D eigenvalue weighted by atomic mass is 32.2. The van der Waals surface area contributed by atoms with Crippen LogP contribution in [0.25, 0.3) is 0 Å². The normalized spacial score (nSPS) is 14.3. The average Bonchev–Trinajstić information content (AvgIpc) is 2.10. The van der Waals surface area contributed by atoms with Gasteiger partial charge in [-0.15, -0.1) is 0 Å². The highest BCUT2D eigenvalue weighted by molar-refractivity contribution is 8.13. The second-order valence-electron chi connectivity index (χ2n) is 2.94. The number of carbonyl (C=O) groups is 1. The number of hydrogen-bond acceptors (Lipinski definition) is 2. The van der Waals surface area contributed by atoms with E-state index in [0.29, 0.717) is 0 Å². The van der Waals surface area contributed by atoms with Gasteiger partial charge in [0.2, 0.25) is 6.17 Å². The van der Waals surface area contributed by atoms with E-state index in [1.54, 1.807) is 0 Å². The van der Waals surface area contributed by atoms with E-state index in [0.717, 1.165) is 11.8 Å². The fourth-order valence-electron chi connectivity index (χ4n) is 0.846. The molecule has 0 rings (SSSR count). The molecule has 0 aliphatic heterocycles. The Morgan fingerprint density at radius 2 is 1.87 bits per heavy atom. The first kappa shape index (κ1) is 14.7. The zero-order valence-corrected chi connectivity index (χ0v) is 8.80. The van der Waals surface area contributed by atoms with Crippen molar-refractivity contribution >= 4 is 16.9 Å². The van der Waals surface area contributed by atoms with Gasteiger partial charge in [-0.3, -0.25) is 4.79 Å². The summed E-state index contributed by atoms with van der Waals surface area (Å²) >= 11 is 0.810. The quantitative estimate of drug-likeness (QED) is 0.531. The third-order valence-electron chi connectivity index (χ3n) is 1.58. The summed E-state index contributed by atoms with van der Waals surface area (Å²) in [4.78, 5) is 10.4. The van der Waals surface area contributed by atoms with E-state index in [4.69, 9.17) is 0 Å². The van der Waals surface area contributed by atoms with Gasteiger partial charge in [0.05, 0.1) is 0 Å². The minimum atomic E-state index is -4.02. The molecule has 1 unspecified atom stereocenters. The molecule has 0 spiro atoms. The number of halogens is 5. The van der Waals surface area contributed by atoms with Gasteiger partial charge in [-0.25, -0.2) is 22.0 Å². The summed E-state index contributed by atoms with van der Waals surface area (Å²) in [6, 6.07) is 0. The van der Waals surface area contributed by atoms with E-state index in [-0.39, 0.29) is 17.3 Å². The van der Waals surface area contributed by atoms with Gasteiger partial charge in [0, 0.05) is 19.1 Å². The fourth-order valence-corrected chi connectivity index (χ4v) is 1.42. The zero-order chi connectivity index (χ0) is 12.1. The lowest BCUT2D eigenvalue weighted by Gasteiger charge is -2.19. The molecule has 7 heteroatoms. The van der Waals surface area contributed by atoms with E-state index in [1.807, 2.05) is 0 Å². The van der Waals surface area contributed by atoms with Gasteiger partial charge in [-0.1, -0.05) is 11.8 Å². The van der Waals surface area contributed by atoms with Crippen molar-refractivity contribution in [3.8, 4) is 0 Å². The van der Waals surface area contributed by atoms with Crippen LogP contribution in [0.3, 0.4) is 0 Å². The molecule has 90 valence electrons. The molecule has 0 aromatic carbocycles. The summed E-state index contributed by atoms with van der Waals surface area (Å²) in [5.41, 5.74) is 0. The Morgan fingerprint density at radius 1 is 1.33 bits per heavy atom. The second-order valence-corrected chi connectivity index (χ2v) is 4.21. The maximum absolute atomic E-state index is 12.6. The van der Waals surface area contributed by atoms with Gasteiger partial charge in [0.15, 0.2) is 5.12 Å². The van der Waals surface area contributed by atoms with Gasteiger partial charge >= 0.3 is 0 Å². The summed E-state index contributed by atoms with van der Waals surface area (Å²) in [6.45, 7) is 1.26. The molecular weight excluding hydrogens is 239 g/mol. The lowest BCUT2D eigenvalue weighted by Crippen LogP contribution is -2.35. The lowest BCUT2D eigenvalue weighted by atomic mass is 10.1. The molecule has 0 N–H and O–H groups in total. The summed E-state index contributed by atoms with van der Waals surface area (Å²) in [6.07, 6.45) is -8.26. The van der Waals surface area contributed by atoms with Crippen LogP contribution >= 0.6 is 11.8 Å². The van der Waals surface area contributed by atoms with Crippen molar-refractivity contribution < 1.29 is 26.7 Å². The smallest absolute Gasteiger partial charge is 0.284 e. The molecule has 1 atom stereocenters. The third-order valence-corrected chi connectivity index (χ3v) is 2.48. The monoisotopic (exact) mass is 250 g/mol. The van der Waals surface area contributed by atoms with E-state index in [1.165, 1.54) is 6.92 Å². The van der Waals surface area contributed by atoms with Crippen molar-refractivity contribution in [1.82, 2.24) is 0 Å². The van der Waals surface area contributed by atoms with Crippen LogP contribution in [0.5, 0.6) is 0 Å². The standard InChI is InChI=1S/C8H11F5OS/c1-5(14)15-4-2-3-8(12,13)6(9)7(10)11/h6-7H,2-4H2,1H3. The molecule has 0 saturated carbocycles. The summed E-state index contributed by atoms with van der Waals surface area (Å²) in [7, 11) is 0. The van der Waals surface area contributed by atoms with E-state index in [2.05, 4.69) is 0 Å². The van der Waals surface area contributed by atoms with Crippen molar-refractivity contribution in [2.75, 3.05) is 5.75 Å². The molecule has 15 heavy (non-hydrogen) atoms. The van der Waals surface area contributed by atoms with Crippen molar-refractivity contribution in [3.63, 3.8) is 0 Å². The summed E-state index contributed by atoms with van der Waals surface area (Å²) < 4.78 is 60.9. The highest BCUT2D eigenvalue weighted by Crippen LogP contribution is 2.31. The van der Waals surface area contributed by atoms with E-state index < -0.39 is 24.9 Å². The van der Waals surface area contributed by atoms with E-state index in [9.17, 15) is 26.7 Å². The molecule has 0 bridgehead atoms. The Morgan fingerprint density at radius 3 is 2.27 bits per heavy atom. The van der Waals surface area contributed by atoms with Gasteiger partial charge in [0.1, 0.15) is 0 Å². The molecule has 0 aromatic rings. The summed E-state index contributed by atoms with van der Waals surface area (Å²) in [5, 5.41) is -0.246. The average molecular weight is 250 g/mol. The van der Waals surface area contributed by atoms with Gasteiger partial charge in [-0.2, -0.15) is 0 Å². The van der Waals surface area contributed by atoms with E-state index >= 15 is 0 Å². The molecule has 0 aliphatic carbocycles. The van der Waals surface area contributed by atoms with Crippen molar-refractivity contribution in [2.45, 2.75) is 38.3 Å². The Kier molecular flexibility index (Phi) is 6.16. The molecule has 0 radical (unpaired) electrons. The van der Waals surface area contributed by atoms with Crippen LogP contribution in [0.15, 0.2) is 0 Å². The van der Waals surface area contributed by atoms with Gasteiger partial charge < -0.3 is 0 Å². The highest BCUT2D eigenvalue weighted by Gasteiger charge is 2.45. The Labute approximate surface area is 88.4 Å². The minimum Gasteiger partial charge on any atom is -0.288 e. The molecule has 0 aromatic heterocycles. The van der Waals surface area contributed by atoms with Crippen LogP contribution < -0.4 is 0 Å². The van der Waals surface area contributed by atoms with Crippen LogP contribution in [0, 0.1) is 0 Å². The fraction of sp³-hybridized carbons (Fsp3) is 0.875. The Balaban J connectivity index is 3.88. The summed E-state index contributed by atoms with van der Waals surface area (Å²) in [5.74, 6) is -3.94. The second kappa shape index (κ2) is 6.30. The molecule has 0 heterocycles. The number of thioether (sulfide) groups is 1. The maximum Gasteiger partial charge on any atom is 0.284 e. The number of rotatable bonds is 6. The number of alkyl halides is 5. The first-order chi connectivity index (χ1) is 6.77. The number of hydrogen-bond donors (Lipinski definition) is 0. The zero-order valence-electron chi connectivity index (χ0n) is 7.98. The maximum atomic E-state index is 12.6. The first-order valence-electron chi connectivity index (χ1n) is 4.21. The van der Waals surface area contributed by atoms with Gasteiger partial charge in [-0.05, 0) is 6.42 Å². The van der Waals surface area contributed by atoms with Crippen molar-refractivity contribution in [3.05, 3.63) is 0 Å². The van der Waals surface area contributed by atoms with Crippen LogP contribution in [0.1, 0.15) is 19.8 Å². The Bertz CT molecular complexity index is 209. The minimum absolute atomic E-state index is 0.0842. The van der Waals surface area contributed by atoms with Crippen molar-refractivity contribution in [2.24, 2.45) is 0 Å². The number of carbonyl (C=O) groups excluding carboxylic acids is 1. The lowest BCUT2D eigenvalue weighted by molar-refractivity contribution is -0.131. The molecule has 1 nitrogen and oxygen atoms in total. The SMILES string of the molecule is CC(=O)SCCCC(F)(F)C(F)C(F)F. The van der Waals surface area contributed by atoms with Crippen LogP contribution in [-0.4, -0.2) is 29.4 Å². The molecule has 0 amide bonds. The topological polar surface area (TPSA) is 17.1 Å². The van der Waals surface area contributed by atoms with Gasteiger partial charge in [0.25, 0.3) is 12.3 Å². The third kappa shape index (κ3) is 5.96. The predicted molar refractivity (Wildman–Crippen MR) is 48.2 cm³/mol. The molecule has 0 saturated heterocycles. The molecular formula is C8H11F5OS.